The molecule has 1 saturated heterocycles. The maximum Gasteiger partial charge on any atom is 0.164 e. The van der Waals surface area contributed by atoms with Crippen LogP contribution in [0.5, 0.6) is 0 Å². The van der Waals surface area contributed by atoms with Crippen LogP contribution in [0.2, 0.25) is 0 Å². The second kappa shape index (κ2) is 13.2. The van der Waals surface area contributed by atoms with Crippen LogP contribution in [0.15, 0.2) is 84.9 Å². The molecule has 0 aliphatic carbocycles. The molecule has 4 rings (SSSR count). The summed E-state index contributed by atoms with van der Waals surface area (Å²) < 4.78 is 43.7. The lowest BCUT2D eigenvalue weighted by atomic mass is 10.0. The predicted molar refractivity (Wildman–Crippen MR) is 137 cm³/mol. The van der Waals surface area contributed by atoms with Crippen LogP contribution < -0.4 is 0 Å². The fourth-order valence-electron chi connectivity index (χ4n) is 4.26. The fraction of sp³-hybridized carbons (Fsp3) is 0.400. The molecule has 1 fully saturated rings. The summed E-state index contributed by atoms with van der Waals surface area (Å²) in [6.45, 7) is 4.91. The zero-order valence-electron chi connectivity index (χ0n) is 21.3. The second-order valence-corrected chi connectivity index (χ2v) is 9.61. The van der Waals surface area contributed by atoms with Crippen molar-refractivity contribution in [1.82, 2.24) is 0 Å². The summed E-state index contributed by atoms with van der Waals surface area (Å²) in [5, 5.41) is 11.0. The number of hydrogen-bond donors (Lipinski definition) is 1. The first-order chi connectivity index (χ1) is 17.9. The van der Waals surface area contributed by atoms with E-state index in [9.17, 15) is 9.50 Å². The lowest BCUT2D eigenvalue weighted by Crippen LogP contribution is -2.46. The standard InChI is InChI=1S/C30H35FO6/c1-30(2)36-28(26(32)20-33-17-22-9-5-3-6-10-22)29(37-30)27(21-34-18-23-11-7-4-8-12-23)35-19-24-13-15-25(31)16-14-24/h3-16,26-29,32H,17-21H2,1-2H3/t26-,27-,28-,29-/m1/s1. The lowest BCUT2D eigenvalue weighted by molar-refractivity contribution is -0.169. The van der Waals surface area contributed by atoms with Gasteiger partial charge in [0.05, 0.1) is 33.0 Å². The van der Waals surface area contributed by atoms with Crippen LogP contribution >= 0.6 is 0 Å². The average molecular weight is 511 g/mol. The van der Waals surface area contributed by atoms with Crippen molar-refractivity contribution in [3.63, 3.8) is 0 Å². The minimum atomic E-state index is -0.943. The third-order valence-corrected chi connectivity index (χ3v) is 6.08. The molecule has 4 atom stereocenters. The van der Waals surface area contributed by atoms with Gasteiger partial charge in [0.25, 0.3) is 0 Å². The molecule has 0 aromatic heterocycles. The third kappa shape index (κ3) is 8.43. The number of aliphatic hydroxyl groups is 1. The highest BCUT2D eigenvalue weighted by atomic mass is 19.1. The Hall–Kier alpha value is -2.65. The molecule has 198 valence electrons. The molecule has 7 heteroatoms. The number of benzene rings is 3. The van der Waals surface area contributed by atoms with Crippen LogP contribution in [0.4, 0.5) is 4.39 Å². The largest absolute Gasteiger partial charge is 0.388 e. The normalized spacial score (nSPS) is 20.5. The summed E-state index contributed by atoms with van der Waals surface area (Å²) in [6.07, 6.45) is -2.79. The molecule has 1 aliphatic heterocycles. The Bertz CT molecular complexity index is 1060. The summed E-state index contributed by atoms with van der Waals surface area (Å²) in [5.74, 6) is -1.23. The lowest BCUT2D eigenvalue weighted by Gasteiger charge is -2.29. The van der Waals surface area contributed by atoms with Gasteiger partial charge < -0.3 is 28.8 Å². The van der Waals surface area contributed by atoms with Gasteiger partial charge >= 0.3 is 0 Å². The molecule has 0 radical (unpaired) electrons. The number of halogens is 1. The van der Waals surface area contributed by atoms with E-state index in [1.54, 1.807) is 26.0 Å². The van der Waals surface area contributed by atoms with E-state index in [4.69, 9.17) is 23.7 Å². The molecule has 0 spiro atoms. The van der Waals surface area contributed by atoms with Crippen LogP contribution in [0.3, 0.4) is 0 Å². The zero-order chi connectivity index (χ0) is 26.1. The molecule has 0 amide bonds. The van der Waals surface area contributed by atoms with Crippen molar-refractivity contribution in [2.45, 2.75) is 63.9 Å². The maximum atomic E-state index is 13.4. The van der Waals surface area contributed by atoms with E-state index >= 15 is 0 Å². The predicted octanol–water partition coefficient (Wildman–Crippen LogP) is 5.03. The van der Waals surface area contributed by atoms with Crippen molar-refractivity contribution in [2.75, 3.05) is 13.2 Å². The van der Waals surface area contributed by atoms with E-state index in [1.807, 2.05) is 60.7 Å². The van der Waals surface area contributed by atoms with E-state index in [0.29, 0.717) is 13.2 Å². The SMILES string of the molecule is CC1(C)O[C@H]([C@H](O)COCc2ccccc2)[C@@H]([C@@H](COCc2ccccc2)OCc2ccc(F)cc2)O1. The molecular weight excluding hydrogens is 475 g/mol. The number of rotatable bonds is 13. The smallest absolute Gasteiger partial charge is 0.164 e. The average Bonchev–Trinajstić information content (AvgIpc) is 3.23. The van der Waals surface area contributed by atoms with Gasteiger partial charge in [-0.2, -0.15) is 0 Å². The molecule has 1 N–H and O–H groups in total. The van der Waals surface area contributed by atoms with Crippen LogP contribution in [-0.4, -0.2) is 48.5 Å². The second-order valence-electron chi connectivity index (χ2n) is 9.61. The van der Waals surface area contributed by atoms with Crippen molar-refractivity contribution >= 4 is 0 Å². The summed E-state index contributed by atoms with van der Waals surface area (Å²) in [6, 6.07) is 25.8. The number of hydrogen-bond acceptors (Lipinski definition) is 6. The van der Waals surface area contributed by atoms with Crippen molar-refractivity contribution < 1.29 is 33.2 Å². The zero-order valence-corrected chi connectivity index (χ0v) is 21.3. The van der Waals surface area contributed by atoms with Crippen LogP contribution in [-0.2, 0) is 43.5 Å². The molecular formula is C30H35FO6. The highest BCUT2D eigenvalue weighted by Crippen LogP contribution is 2.33. The molecule has 0 saturated carbocycles. The Morgan fingerprint density at radius 1 is 0.730 bits per heavy atom. The van der Waals surface area contributed by atoms with Crippen molar-refractivity contribution in [3.05, 3.63) is 107 Å². The van der Waals surface area contributed by atoms with Gasteiger partial charge in [-0.3, -0.25) is 0 Å². The van der Waals surface area contributed by atoms with E-state index in [2.05, 4.69) is 0 Å². The Labute approximate surface area is 217 Å². The molecule has 3 aromatic carbocycles. The third-order valence-electron chi connectivity index (χ3n) is 6.08. The maximum absolute atomic E-state index is 13.4. The van der Waals surface area contributed by atoms with E-state index < -0.39 is 30.2 Å². The number of ether oxygens (including phenoxy) is 5. The molecule has 3 aromatic rings. The Morgan fingerprint density at radius 2 is 1.24 bits per heavy atom. The first kappa shape index (κ1) is 27.4. The summed E-state index contributed by atoms with van der Waals surface area (Å²) >= 11 is 0. The van der Waals surface area contributed by atoms with Crippen LogP contribution in [0.1, 0.15) is 30.5 Å². The van der Waals surface area contributed by atoms with Gasteiger partial charge in [-0.25, -0.2) is 4.39 Å². The minimum absolute atomic E-state index is 0.0745. The van der Waals surface area contributed by atoms with Gasteiger partial charge in [0.15, 0.2) is 5.79 Å². The molecule has 1 aliphatic rings. The van der Waals surface area contributed by atoms with Crippen LogP contribution in [0, 0.1) is 5.82 Å². The topological polar surface area (TPSA) is 66.4 Å². The molecule has 0 unspecified atom stereocenters. The van der Waals surface area contributed by atoms with E-state index in [0.717, 1.165) is 16.7 Å². The summed E-state index contributed by atoms with van der Waals surface area (Å²) in [4.78, 5) is 0. The number of aliphatic hydroxyl groups excluding tert-OH is 1. The monoisotopic (exact) mass is 510 g/mol. The van der Waals surface area contributed by atoms with Gasteiger partial charge in [0.1, 0.15) is 30.2 Å². The Morgan fingerprint density at radius 3 is 1.84 bits per heavy atom. The quantitative estimate of drug-likeness (QED) is 0.348. The molecule has 37 heavy (non-hydrogen) atoms. The van der Waals surface area contributed by atoms with Gasteiger partial charge in [0.2, 0.25) is 0 Å². The Balaban J connectivity index is 1.42. The fourth-order valence-corrected chi connectivity index (χ4v) is 4.26. The van der Waals surface area contributed by atoms with Crippen LogP contribution in [0.25, 0.3) is 0 Å². The van der Waals surface area contributed by atoms with Crippen molar-refractivity contribution in [2.24, 2.45) is 0 Å². The van der Waals surface area contributed by atoms with E-state index in [-0.39, 0.29) is 25.6 Å². The molecule has 1 heterocycles. The summed E-state index contributed by atoms with van der Waals surface area (Å²) in [5.41, 5.74) is 2.87. The highest BCUT2D eigenvalue weighted by molar-refractivity contribution is 5.16. The van der Waals surface area contributed by atoms with Crippen molar-refractivity contribution in [3.8, 4) is 0 Å². The van der Waals surface area contributed by atoms with Gasteiger partial charge in [-0.1, -0.05) is 72.8 Å². The Kier molecular flexibility index (Phi) is 9.80. The minimum Gasteiger partial charge on any atom is -0.388 e. The molecule has 0 bridgehead atoms. The van der Waals surface area contributed by atoms with Crippen molar-refractivity contribution in [1.29, 1.82) is 0 Å². The first-order valence-electron chi connectivity index (χ1n) is 12.5. The summed E-state index contributed by atoms with van der Waals surface area (Å²) in [7, 11) is 0. The highest BCUT2D eigenvalue weighted by Gasteiger charge is 2.48. The van der Waals surface area contributed by atoms with Gasteiger partial charge in [-0.05, 0) is 42.7 Å². The van der Waals surface area contributed by atoms with E-state index in [1.165, 1.54) is 12.1 Å². The first-order valence-corrected chi connectivity index (χ1v) is 12.5. The van der Waals surface area contributed by atoms with Gasteiger partial charge in [0, 0.05) is 0 Å². The van der Waals surface area contributed by atoms with Gasteiger partial charge in [-0.15, -0.1) is 0 Å². The molecule has 6 nitrogen and oxygen atoms in total.